The summed E-state index contributed by atoms with van der Waals surface area (Å²) >= 11 is 6.09. The number of hydrogen-bond acceptors (Lipinski definition) is 4. The maximum atomic E-state index is 12.6. The summed E-state index contributed by atoms with van der Waals surface area (Å²) in [5, 5.41) is 2.92. The molecule has 1 amide bonds. The molecule has 1 aliphatic rings. The van der Waals surface area contributed by atoms with Crippen molar-refractivity contribution in [2.24, 2.45) is 0 Å². The minimum absolute atomic E-state index is 0.249. The van der Waals surface area contributed by atoms with Crippen molar-refractivity contribution in [3.63, 3.8) is 0 Å². The first-order valence-electron chi connectivity index (χ1n) is 8.57. The Hall–Kier alpha value is -2.25. The second kappa shape index (κ2) is 7.78. The monoisotopic (exact) mass is 408 g/mol. The maximum Gasteiger partial charge on any atom is 0.255 e. The lowest BCUT2D eigenvalue weighted by atomic mass is 10.0. The third-order valence-corrected chi connectivity index (χ3v) is 6.90. The Labute approximate surface area is 163 Å². The molecule has 0 saturated heterocycles. The lowest BCUT2D eigenvalue weighted by Crippen LogP contribution is -2.33. The maximum absolute atomic E-state index is 12.6. The summed E-state index contributed by atoms with van der Waals surface area (Å²) in [6.07, 6.45) is 2.20. The summed E-state index contributed by atoms with van der Waals surface area (Å²) in [6.45, 7) is 1.87. The molecule has 144 valence electrons. The van der Waals surface area contributed by atoms with Gasteiger partial charge in [0.1, 0.15) is 5.75 Å². The molecule has 3 rings (SSSR count). The fourth-order valence-corrected chi connectivity index (χ4v) is 4.49. The normalized spacial score (nSPS) is 14.3. The van der Waals surface area contributed by atoms with Gasteiger partial charge in [-0.15, -0.1) is 0 Å². The Kier molecular flexibility index (Phi) is 5.62. The van der Waals surface area contributed by atoms with Crippen LogP contribution in [0, 0.1) is 6.92 Å². The minimum atomic E-state index is -3.50. The van der Waals surface area contributed by atoms with E-state index in [1.54, 1.807) is 24.3 Å². The Bertz CT molecular complexity index is 972. The molecule has 0 atom stereocenters. The van der Waals surface area contributed by atoms with Crippen LogP contribution in [0.25, 0.3) is 0 Å². The van der Waals surface area contributed by atoms with Gasteiger partial charge in [0.15, 0.2) is 0 Å². The number of sulfonamides is 1. The zero-order chi connectivity index (χ0) is 19.6. The average Bonchev–Trinajstić information content (AvgIpc) is 2.55. The number of hydrogen-bond donors (Lipinski definition) is 2. The molecule has 0 bridgehead atoms. The minimum Gasteiger partial charge on any atom is -0.495 e. The molecule has 0 heterocycles. The van der Waals surface area contributed by atoms with Gasteiger partial charge in [-0.25, -0.2) is 8.42 Å². The van der Waals surface area contributed by atoms with E-state index >= 15 is 0 Å². The lowest BCUT2D eigenvalue weighted by molar-refractivity contribution is 0.102. The Morgan fingerprint density at radius 1 is 1.19 bits per heavy atom. The van der Waals surface area contributed by atoms with Gasteiger partial charge in [0.2, 0.25) is 10.0 Å². The molecule has 0 spiro atoms. The molecule has 27 heavy (non-hydrogen) atoms. The van der Waals surface area contributed by atoms with E-state index in [0.717, 1.165) is 12.0 Å². The van der Waals surface area contributed by atoms with Gasteiger partial charge in [-0.3, -0.25) is 9.52 Å². The summed E-state index contributed by atoms with van der Waals surface area (Å²) in [6, 6.07) is 9.84. The van der Waals surface area contributed by atoms with Crippen LogP contribution in [-0.2, 0) is 10.0 Å². The van der Waals surface area contributed by atoms with Gasteiger partial charge in [0.25, 0.3) is 5.91 Å². The van der Waals surface area contributed by atoms with E-state index in [1.165, 1.54) is 13.2 Å². The third-order valence-electron chi connectivity index (χ3n) is 4.63. The van der Waals surface area contributed by atoms with E-state index < -0.39 is 15.3 Å². The summed E-state index contributed by atoms with van der Waals surface area (Å²) in [4.78, 5) is 12.6. The van der Waals surface area contributed by atoms with Crippen LogP contribution in [0.3, 0.4) is 0 Å². The topological polar surface area (TPSA) is 84.5 Å². The van der Waals surface area contributed by atoms with Crippen LogP contribution in [0.5, 0.6) is 5.75 Å². The average molecular weight is 409 g/mol. The van der Waals surface area contributed by atoms with Gasteiger partial charge >= 0.3 is 0 Å². The Morgan fingerprint density at radius 3 is 2.52 bits per heavy atom. The lowest BCUT2D eigenvalue weighted by Gasteiger charge is -2.26. The number of benzene rings is 2. The largest absolute Gasteiger partial charge is 0.495 e. The summed E-state index contributed by atoms with van der Waals surface area (Å²) in [5.41, 5.74) is 2.02. The first kappa shape index (κ1) is 19.5. The number of nitrogens with one attached hydrogen (secondary N) is 2. The fourth-order valence-electron chi connectivity index (χ4n) is 2.72. The molecular formula is C19H21ClN2O4S. The van der Waals surface area contributed by atoms with Crippen LogP contribution in [-0.4, -0.2) is 26.7 Å². The Morgan fingerprint density at radius 2 is 1.93 bits per heavy atom. The molecule has 0 aliphatic heterocycles. The van der Waals surface area contributed by atoms with E-state index in [2.05, 4.69) is 10.0 Å². The van der Waals surface area contributed by atoms with Crippen molar-refractivity contribution in [2.75, 3.05) is 17.1 Å². The highest BCUT2D eigenvalue weighted by Crippen LogP contribution is 2.32. The molecule has 1 aliphatic carbocycles. The first-order valence-corrected chi connectivity index (χ1v) is 10.5. The number of carbonyl (C=O) groups is 1. The number of carbonyl (C=O) groups excluding carboxylic acids is 1. The van der Waals surface area contributed by atoms with Crippen LogP contribution < -0.4 is 14.8 Å². The van der Waals surface area contributed by atoms with Crippen LogP contribution >= 0.6 is 11.6 Å². The number of rotatable bonds is 6. The van der Waals surface area contributed by atoms with E-state index in [1.807, 2.05) is 13.0 Å². The zero-order valence-electron chi connectivity index (χ0n) is 15.1. The molecule has 6 nitrogen and oxygen atoms in total. The van der Waals surface area contributed by atoms with E-state index in [4.69, 9.17) is 16.3 Å². The molecule has 1 fully saturated rings. The van der Waals surface area contributed by atoms with E-state index in [9.17, 15) is 13.2 Å². The SMILES string of the molecule is COc1ccc(C(=O)Nc2ccc(C)c(Cl)c2)cc1NS(=O)(=O)C1CCC1. The predicted octanol–water partition coefficient (Wildman–Crippen LogP) is 4.20. The van der Waals surface area contributed by atoms with Crippen molar-refractivity contribution in [3.05, 3.63) is 52.5 Å². The number of halogens is 1. The van der Waals surface area contributed by atoms with Crippen molar-refractivity contribution < 1.29 is 17.9 Å². The summed E-state index contributed by atoms with van der Waals surface area (Å²) in [7, 11) is -2.05. The first-order chi connectivity index (χ1) is 12.8. The highest BCUT2D eigenvalue weighted by molar-refractivity contribution is 7.93. The molecular weight excluding hydrogens is 388 g/mol. The van der Waals surface area contributed by atoms with Crippen LogP contribution in [0.2, 0.25) is 5.02 Å². The van der Waals surface area contributed by atoms with Gasteiger partial charge in [0.05, 0.1) is 18.0 Å². The molecule has 0 aromatic heterocycles. The number of anilines is 2. The van der Waals surface area contributed by atoms with Crippen LogP contribution in [0.1, 0.15) is 35.2 Å². The molecule has 1 saturated carbocycles. The van der Waals surface area contributed by atoms with Gasteiger partial charge in [-0.05, 0) is 55.7 Å². The Balaban J connectivity index is 1.83. The van der Waals surface area contributed by atoms with E-state index in [0.29, 0.717) is 34.9 Å². The summed E-state index contributed by atoms with van der Waals surface area (Å²) < 4.78 is 32.6. The smallest absolute Gasteiger partial charge is 0.255 e. The number of amides is 1. The number of ether oxygens (including phenoxy) is 1. The highest BCUT2D eigenvalue weighted by atomic mass is 35.5. The molecule has 0 unspecified atom stereocenters. The number of aryl methyl sites for hydroxylation is 1. The molecule has 2 aromatic carbocycles. The van der Waals surface area contributed by atoms with E-state index in [-0.39, 0.29) is 11.6 Å². The van der Waals surface area contributed by atoms with Crippen LogP contribution in [0.15, 0.2) is 36.4 Å². The quantitative estimate of drug-likeness (QED) is 0.750. The van der Waals surface area contributed by atoms with Gasteiger partial charge in [0, 0.05) is 16.3 Å². The fraction of sp³-hybridized carbons (Fsp3) is 0.316. The van der Waals surface area contributed by atoms with Crippen molar-refractivity contribution in [2.45, 2.75) is 31.4 Å². The molecule has 8 heteroatoms. The van der Waals surface area contributed by atoms with Crippen molar-refractivity contribution in [3.8, 4) is 5.75 Å². The van der Waals surface area contributed by atoms with Crippen molar-refractivity contribution >= 4 is 38.9 Å². The van der Waals surface area contributed by atoms with Gasteiger partial charge in [-0.2, -0.15) is 0 Å². The zero-order valence-corrected chi connectivity index (χ0v) is 16.7. The molecule has 2 N–H and O–H groups in total. The van der Waals surface area contributed by atoms with Gasteiger partial charge in [-0.1, -0.05) is 24.1 Å². The highest BCUT2D eigenvalue weighted by Gasteiger charge is 2.32. The van der Waals surface area contributed by atoms with Gasteiger partial charge < -0.3 is 10.1 Å². The van der Waals surface area contributed by atoms with Crippen molar-refractivity contribution in [1.29, 1.82) is 0 Å². The molecule has 0 radical (unpaired) electrons. The second-order valence-corrected chi connectivity index (χ2v) is 8.90. The summed E-state index contributed by atoms with van der Waals surface area (Å²) in [5.74, 6) is -0.0190. The van der Waals surface area contributed by atoms with Crippen LogP contribution in [0.4, 0.5) is 11.4 Å². The number of methoxy groups -OCH3 is 1. The molecule has 2 aromatic rings. The van der Waals surface area contributed by atoms with Crippen molar-refractivity contribution in [1.82, 2.24) is 0 Å². The standard InChI is InChI=1S/C19H21ClN2O4S/c1-12-6-8-14(11-16(12)20)21-19(23)13-7-9-18(26-2)17(10-13)22-27(24,25)15-4-3-5-15/h6-11,15,22H,3-5H2,1-2H3,(H,21,23). The second-order valence-electron chi connectivity index (χ2n) is 6.53. The predicted molar refractivity (Wildman–Crippen MR) is 107 cm³/mol. The third kappa shape index (κ3) is 4.36.